The highest BCUT2D eigenvalue weighted by Gasteiger charge is 2.18. The van der Waals surface area contributed by atoms with Gasteiger partial charge in [0.2, 0.25) is 10.0 Å². The third-order valence-corrected chi connectivity index (χ3v) is 4.26. The van der Waals surface area contributed by atoms with Gasteiger partial charge in [-0.05, 0) is 19.9 Å². The van der Waals surface area contributed by atoms with Crippen molar-refractivity contribution in [3.8, 4) is 0 Å². The Hall–Kier alpha value is -0.130. The lowest BCUT2D eigenvalue weighted by Crippen LogP contribution is -2.38. The molecule has 0 aromatic heterocycles. The van der Waals surface area contributed by atoms with Crippen molar-refractivity contribution in [1.82, 2.24) is 10.0 Å². The van der Waals surface area contributed by atoms with Crippen molar-refractivity contribution in [1.29, 1.82) is 0 Å². The van der Waals surface area contributed by atoms with E-state index >= 15 is 0 Å². The molecule has 0 bridgehead atoms. The molecule has 1 aliphatic rings. The van der Waals surface area contributed by atoms with Crippen LogP contribution in [-0.4, -0.2) is 33.8 Å². The summed E-state index contributed by atoms with van der Waals surface area (Å²) < 4.78 is 26.0. The van der Waals surface area contributed by atoms with Crippen LogP contribution in [0.2, 0.25) is 0 Å². The summed E-state index contributed by atoms with van der Waals surface area (Å²) in [6.45, 7) is 0.516. The Kier molecular flexibility index (Phi) is 5.56. The van der Waals surface area contributed by atoms with E-state index in [0.717, 1.165) is 25.7 Å². The highest BCUT2D eigenvalue weighted by molar-refractivity contribution is 7.89. The monoisotopic (exact) mass is 234 g/mol. The lowest BCUT2D eigenvalue weighted by Gasteiger charge is -2.16. The maximum absolute atomic E-state index is 11.6. The Morgan fingerprint density at radius 2 is 1.73 bits per heavy atom. The SMILES string of the molecule is CNCCS(=O)(=O)NC1CCCCCC1. The fourth-order valence-electron chi connectivity index (χ4n) is 1.95. The molecule has 5 heteroatoms. The minimum absolute atomic E-state index is 0.175. The van der Waals surface area contributed by atoms with E-state index in [2.05, 4.69) is 10.0 Å². The summed E-state index contributed by atoms with van der Waals surface area (Å²) in [6, 6.07) is 0.175. The third-order valence-electron chi connectivity index (χ3n) is 2.82. The molecule has 0 aromatic rings. The predicted molar refractivity (Wildman–Crippen MR) is 62.3 cm³/mol. The summed E-state index contributed by atoms with van der Waals surface area (Å²) in [5.41, 5.74) is 0. The van der Waals surface area contributed by atoms with Gasteiger partial charge in [-0.3, -0.25) is 0 Å². The van der Waals surface area contributed by atoms with Crippen LogP contribution in [0.15, 0.2) is 0 Å². The summed E-state index contributed by atoms with van der Waals surface area (Å²) in [7, 11) is -1.31. The molecule has 0 unspecified atom stereocenters. The quantitative estimate of drug-likeness (QED) is 0.693. The van der Waals surface area contributed by atoms with Gasteiger partial charge in [0, 0.05) is 12.6 Å². The first-order valence-electron chi connectivity index (χ1n) is 5.78. The topological polar surface area (TPSA) is 58.2 Å². The van der Waals surface area contributed by atoms with Gasteiger partial charge in [-0.15, -0.1) is 0 Å². The fraction of sp³-hybridized carbons (Fsp3) is 1.00. The van der Waals surface area contributed by atoms with Crippen LogP contribution in [0.1, 0.15) is 38.5 Å². The highest BCUT2D eigenvalue weighted by atomic mass is 32.2. The number of hydrogen-bond donors (Lipinski definition) is 2. The molecule has 1 saturated carbocycles. The maximum atomic E-state index is 11.6. The molecule has 1 rings (SSSR count). The summed E-state index contributed by atoms with van der Waals surface area (Å²) in [4.78, 5) is 0. The predicted octanol–water partition coefficient (Wildman–Crippen LogP) is 0.848. The first kappa shape index (κ1) is 12.9. The average Bonchev–Trinajstić information content (AvgIpc) is 2.43. The molecular formula is C10H22N2O2S. The van der Waals surface area contributed by atoms with Gasteiger partial charge in [0.1, 0.15) is 0 Å². The summed E-state index contributed by atoms with van der Waals surface area (Å²) >= 11 is 0. The van der Waals surface area contributed by atoms with E-state index < -0.39 is 10.0 Å². The highest BCUT2D eigenvalue weighted by Crippen LogP contribution is 2.17. The third kappa shape index (κ3) is 5.49. The second-order valence-electron chi connectivity index (χ2n) is 4.23. The molecule has 1 fully saturated rings. The van der Waals surface area contributed by atoms with E-state index in [1.807, 2.05) is 0 Å². The Balaban J connectivity index is 2.37. The van der Waals surface area contributed by atoms with Crippen molar-refractivity contribution >= 4 is 10.0 Å². The molecule has 0 spiro atoms. The van der Waals surface area contributed by atoms with Crippen molar-refractivity contribution in [2.24, 2.45) is 0 Å². The molecule has 0 atom stereocenters. The molecular weight excluding hydrogens is 212 g/mol. The Labute approximate surface area is 92.9 Å². The second kappa shape index (κ2) is 6.45. The molecule has 1 aliphatic carbocycles. The maximum Gasteiger partial charge on any atom is 0.213 e. The van der Waals surface area contributed by atoms with Gasteiger partial charge in [0.15, 0.2) is 0 Å². The van der Waals surface area contributed by atoms with E-state index in [0.29, 0.717) is 6.54 Å². The van der Waals surface area contributed by atoms with Gasteiger partial charge in [0.25, 0.3) is 0 Å². The zero-order valence-corrected chi connectivity index (χ0v) is 10.3. The average molecular weight is 234 g/mol. The van der Waals surface area contributed by atoms with Crippen molar-refractivity contribution in [3.63, 3.8) is 0 Å². The minimum Gasteiger partial charge on any atom is -0.319 e. The normalized spacial score (nSPS) is 20.1. The van der Waals surface area contributed by atoms with Crippen LogP contribution in [0.5, 0.6) is 0 Å². The zero-order chi connectivity index (χ0) is 11.1. The lowest BCUT2D eigenvalue weighted by atomic mass is 10.1. The van der Waals surface area contributed by atoms with E-state index in [-0.39, 0.29) is 11.8 Å². The van der Waals surface area contributed by atoms with E-state index in [1.54, 1.807) is 7.05 Å². The smallest absolute Gasteiger partial charge is 0.213 e. The van der Waals surface area contributed by atoms with E-state index in [1.165, 1.54) is 12.8 Å². The van der Waals surface area contributed by atoms with Crippen LogP contribution in [0, 0.1) is 0 Å². The van der Waals surface area contributed by atoms with Crippen LogP contribution < -0.4 is 10.0 Å². The summed E-state index contributed by atoms with van der Waals surface area (Å²) in [5, 5.41) is 2.85. The van der Waals surface area contributed by atoms with Crippen LogP contribution in [0.4, 0.5) is 0 Å². The van der Waals surface area contributed by atoms with Gasteiger partial charge in [-0.1, -0.05) is 25.7 Å². The molecule has 0 amide bonds. The van der Waals surface area contributed by atoms with E-state index in [4.69, 9.17) is 0 Å². The standard InChI is InChI=1S/C10H22N2O2S/c1-11-8-9-15(13,14)12-10-6-4-2-3-5-7-10/h10-12H,2-9H2,1H3. The first-order valence-corrected chi connectivity index (χ1v) is 7.44. The van der Waals surface area contributed by atoms with Crippen molar-refractivity contribution in [2.45, 2.75) is 44.6 Å². The second-order valence-corrected chi connectivity index (χ2v) is 6.10. The molecule has 0 aromatic carbocycles. The molecule has 0 heterocycles. The molecule has 0 saturated heterocycles. The zero-order valence-electron chi connectivity index (χ0n) is 9.46. The number of nitrogens with one attached hydrogen (secondary N) is 2. The van der Waals surface area contributed by atoms with Crippen molar-refractivity contribution in [2.75, 3.05) is 19.3 Å². The van der Waals surface area contributed by atoms with Crippen molar-refractivity contribution in [3.05, 3.63) is 0 Å². The fourth-order valence-corrected chi connectivity index (χ4v) is 3.28. The first-order chi connectivity index (χ1) is 7.14. The Morgan fingerprint density at radius 1 is 1.13 bits per heavy atom. The number of hydrogen-bond acceptors (Lipinski definition) is 3. The minimum atomic E-state index is -3.07. The van der Waals surface area contributed by atoms with Gasteiger partial charge >= 0.3 is 0 Å². The van der Waals surface area contributed by atoms with Gasteiger partial charge < -0.3 is 5.32 Å². The lowest BCUT2D eigenvalue weighted by molar-refractivity contribution is 0.509. The van der Waals surface area contributed by atoms with E-state index in [9.17, 15) is 8.42 Å². The molecule has 0 aliphatic heterocycles. The van der Waals surface area contributed by atoms with Crippen LogP contribution in [-0.2, 0) is 10.0 Å². The Morgan fingerprint density at radius 3 is 2.27 bits per heavy atom. The van der Waals surface area contributed by atoms with Crippen LogP contribution in [0.3, 0.4) is 0 Å². The van der Waals surface area contributed by atoms with Gasteiger partial charge in [-0.25, -0.2) is 13.1 Å². The van der Waals surface area contributed by atoms with Crippen LogP contribution >= 0.6 is 0 Å². The van der Waals surface area contributed by atoms with Gasteiger partial charge in [-0.2, -0.15) is 0 Å². The largest absolute Gasteiger partial charge is 0.319 e. The summed E-state index contributed by atoms with van der Waals surface area (Å²) in [5.74, 6) is 0.181. The molecule has 15 heavy (non-hydrogen) atoms. The van der Waals surface area contributed by atoms with Crippen molar-refractivity contribution < 1.29 is 8.42 Å². The Bertz CT molecular complexity index is 257. The molecule has 2 N–H and O–H groups in total. The number of sulfonamides is 1. The molecule has 90 valence electrons. The number of rotatable bonds is 5. The summed E-state index contributed by atoms with van der Waals surface area (Å²) in [6.07, 6.45) is 6.79. The van der Waals surface area contributed by atoms with Crippen LogP contribution in [0.25, 0.3) is 0 Å². The van der Waals surface area contributed by atoms with Gasteiger partial charge in [0.05, 0.1) is 5.75 Å². The molecule has 4 nitrogen and oxygen atoms in total. The molecule has 0 radical (unpaired) electrons.